The molecular formula is C14H26N2O. The summed E-state index contributed by atoms with van der Waals surface area (Å²) in [5.74, 6) is 0.888. The maximum atomic E-state index is 12.4. The molecule has 1 aliphatic heterocycles. The van der Waals surface area contributed by atoms with Crippen LogP contribution in [0.25, 0.3) is 0 Å². The maximum absolute atomic E-state index is 12.4. The van der Waals surface area contributed by atoms with Gasteiger partial charge in [0.15, 0.2) is 0 Å². The molecule has 2 aliphatic rings. The van der Waals surface area contributed by atoms with Gasteiger partial charge in [0.05, 0.1) is 5.54 Å². The summed E-state index contributed by atoms with van der Waals surface area (Å²) in [6.45, 7) is 5.37. The first-order valence-electron chi connectivity index (χ1n) is 7.24. The van der Waals surface area contributed by atoms with Crippen molar-refractivity contribution in [2.45, 2.75) is 70.4 Å². The Morgan fingerprint density at radius 2 is 2.12 bits per heavy atom. The van der Waals surface area contributed by atoms with E-state index in [-0.39, 0.29) is 11.4 Å². The lowest BCUT2D eigenvalue weighted by molar-refractivity contribution is -0.128. The Hall–Kier alpha value is -0.570. The van der Waals surface area contributed by atoms with Crippen molar-refractivity contribution < 1.29 is 4.79 Å². The molecular weight excluding hydrogens is 212 g/mol. The second kappa shape index (κ2) is 5.38. The molecule has 17 heavy (non-hydrogen) atoms. The van der Waals surface area contributed by atoms with Gasteiger partial charge in [-0.25, -0.2) is 0 Å². The SMILES string of the molecule is CCC1(C(=O)NC2CCCCC2C)CCCN1. The zero-order valence-electron chi connectivity index (χ0n) is 11.2. The number of amides is 1. The molecule has 0 aromatic heterocycles. The fraction of sp³-hybridized carbons (Fsp3) is 0.929. The Kier molecular flexibility index (Phi) is 4.08. The Morgan fingerprint density at radius 3 is 2.71 bits per heavy atom. The van der Waals surface area contributed by atoms with Gasteiger partial charge in [-0.1, -0.05) is 26.7 Å². The van der Waals surface area contributed by atoms with Crippen LogP contribution < -0.4 is 10.6 Å². The average molecular weight is 238 g/mol. The Bertz CT molecular complexity index is 271. The van der Waals surface area contributed by atoms with Crippen molar-refractivity contribution in [1.29, 1.82) is 0 Å². The molecule has 1 saturated heterocycles. The first kappa shape index (κ1) is 12.9. The van der Waals surface area contributed by atoms with E-state index < -0.39 is 0 Å². The highest BCUT2D eigenvalue weighted by Gasteiger charge is 2.40. The third-order valence-electron chi connectivity index (χ3n) is 4.71. The molecule has 3 unspecified atom stereocenters. The van der Waals surface area contributed by atoms with Crippen LogP contribution in [0.3, 0.4) is 0 Å². The standard InChI is InChI=1S/C14H26N2O/c1-3-14(9-6-10-15-14)13(17)16-12-8-5-4-7-11(12)2/h11-12,15H,3-10H2,1-2H3,(H,16,17). The lowest BCUT2D eigenvalue weighted by Gasteiger charge is -2.34. The molecule has 3 heteroatoms. The minimum absolute atomic E-state index is 0.247. The summed E-state index contributed by atoms with van der Waals surface area (Å²) in [5.41, 5.74) is -0.267. The molecule has 0 spiro atoms. The molecule has 2 N–H and O–H groups in total. The Balaban J connectivity index is 1.95. The van der Waals surface area contributed by atoms with E-state index in [2.05, 4.69) is 24.5 Å². The summed E-state index contributed by atoms with van der Waals surface area (Å²) < 4.78 is 0. The smallest absolute Gasteiger partial charge is 0.240 e. The van der Waals surface area contributed by atoms with Crippen LogP contribution in [0.2, 0.25) is 0 Å². The molecule has 3 nitrogen and oxygen atoms in total. The number of carbonyl (C=O) groups excluding carboxylic acids is 1. The summed E-state index contributed by atoms with van der Waals surface area (Å²) in [5, 5.41) is 6.71. The van der Waals surface area contributed by atoms with Gasteiger partial charge in [-0.05, 0) is 44.6 Å². The quantitative estimate of drug-likeness (QED) is 0.791. The summed E-state index contributed by atoms with van der Waals surface area (Å²) in [7, 11) is 0. The monoisotopic (exact) mass is 238 g/mol. The highest BCUT2D eigenvalue weighted by Crippen LogP contribution is 2.27. The molecule has 2 fully saturated rings. The number of nitrogens with one attached hydrogen (secondary N) is 2. The van der Waals surface area contributed by atoms with Crippen LogP contribution in [0.4, 0.5) is 0 Å². The van der Waals surface area contributed by atoms with Crippen molar-refractivity contribution in [3.8, 4) is 0 Å². The molecule has 1 heterocycles. The molecule has 98 valence electrons. The first-order valence-corrected chi connectivity index (χ1v) is 7.24. The number of carbonyl (C=O) groups is 1. The maximum Gasteiger partial charge on any atom is 0.240 e. The summed E-state index contributed by atoms with van der Waals surface area (Å²) >= 11 is 0. The van der Waals surface area contributed by atoms with Crippen LogP contribution in [0.1, 0.15) is 58.8 Å². The van der Waals surface area contributed by atoms with Gasteiger partial charge < -0.3 is 10.6 Å². The summed E-state index contributed by atoms with van der Waals surface area (Å²) in [6, 6.07) is 0.405. The predicted octanol–water partition coefficient (Wildman–Crippen LogP) is 2.21. The van der Waals surface area contributed by atoms with E-state index in [4.69, 9.17) is 0 Å². The van der Waals surface area contributed by atoms with Gasteiger partial charge >= 0.3 is 0 Å². The molecule has 2 rings (SSSR count). The fourth-order valence-electron chi connectivity index (χ4n) is 3.30. The molecule has 0 radical (unpaired) electrons. The second-order valence-corrected chi connectivity index (χ2v) is 5.81. The molecule has 1 aliphatic carbocycles. The lowest BCUT2D eigenvalue weighted by atomic mass is 9.84. The van der Waals surface area contributed by atoms with Gasteiger partial charge in [0, 0.05) is 6.04 Å². The third kappa shape index (κ3) is 2.65. The van der Waals surface area contributed by atoms with Crippen molar-refractivity contribution in [3.63, 3.8) is 0 Å². The van der Waals surface area contributed by atoms with E-state index in [0.29, 0.717) is 12.0 Å². The Morgan fingerprint density at radius 1 is 1.35 bits per heavy atom. The van der Waals surface area contributed by atoms with Gasteiger partial charge in [0.2, 0.25) is 5.91 Å². The lowest BCUT2D eigenvalue weighted by Crippen LogP contribution is -2.56. The molecule has 1 amide bonds. The highest BCUT2D eigenvalue weighted by atomic mass is 16.2. The molecule has 3 atom stereocenters. The van der Waals surface area contributed by atoms with E-state index in [0.717, 1.165) is 32.2 Å². The zero-order chi connectivity index (χ0) is 12.3. The third-order valence-corrected chi connectivity index (χ3v) is 4.71. The second-order valence-electron chi connectivity index (χ2n) is 5.81. The van der Waals surface area contributed by atoms with Gasteiger partial charge in [-0.3, -0.25) is 4.79 Å². The fourth-order valence-corrected chi connectivity index (χ4v) is 3.30. The zero-order valence-corrected chi connectivity index (χ0v) is 11.2. The van der Waals surface area contributed by atoms with Gasteiger partial charge in [0.25, 0.3) is 0 Å². The van der Waals surface area contributed by atoms with Crippen molar-refractivity contribution >= 4 is 5.91 Å². The van der Waals surface area contributed by atoms with E-state index in [1.807, 2.05) is 0 Å². The average Bonchev–Trinajstić information content (AvgIpc) is 2.82. The van der Waals surface area contributed by atoms with Crippen LogP contribution >= 0.6 is 0 Å². The van der Waals surface area contributed by atoms with Gasteiger partial charge in [-0.15, -0.1) is 0 Å². The molecule has 0 aromatic carbocycles. The highest BCUT2D eigenvalue weighted by molar-refractivity contribution is 5.86. The van der Waals surface area contributed by atoms with Crippen LogP contribution in [-0.2, 0) is 4.79 Å². The van der Waals surface area contributed by atoms with Crippen molar-refractivity contribution in [2.75, 3.05) is 6.54 Å². The van der Waals surface area contributed by atoms with Crippen molar-refractivity contribution in [3.05, 3.63) is 0 Å². The molecule has 0 bridgehead atoms. The number of rotatable bonds is 3. The minimum atomic E-state index is -0.267. The van der Waals surface area contributed by atoms with E-state index >= 15 is 0 Å². The van der Waals surface area contributed by atoms with Crippen LogP contribution in [0.5, 0.6) is 0 Å². The van der Waals surface area contributed by atoms with Gasteiger partial charge in [-0.2, -0.15) is 0 Å². The normalized spacial score (nSPS) is 38.0. The van der Waals surface area contributed by atoms with Crippen molar-refractivity contribution in [2.24, 2.45) is 5.92 Å². The topological polar surface area (TPSA) is 41.1 Å². The van der Waals surface area contributed by atoms with Crippen LogP contribution in [-0.4, -0.2) is 24.0 Å². The van der Waals surface area contributed by atoms with Crippen LogP contribution in [0, 0.1) is 5.92 Å². The Labute approximate surface area is 105 Å². The molecule has 1 saturated carbocycles. The van der Waals surface area contributed by atoms with Gasteiger partial charge in [0.1, 0.15) is 0 Å². The molecule has 0 aromatic rings. The largest absolute Gasteiger partial charge is 0.351 e. The first-order chi connectivity index (χ1) is 8.18. The van der Waals surface area contributed by atoms with Crippen molar-refractivity contribution in [1.82, 2.24) is 10.6 Å². The van der Waals surface area contributed by atoms with E-state index in [1.165, 1.54) is 19.3 Å². The van der Waals surface area contributed by atoms with Crippen LogP contribution in [0.15, 0.2) is 0 Å². The minimum Gasteiger partial charge on any atom is -0.351 e. The predicted molar refractivity (Wildman–Crippen MR) is 69.8 cm³/mol. The number of hydrogen-bond donors (Lipinski definition) is 2. The summed E-state index contributed by atoms with van der Waals surface area (Å²) in [4.78, 5) is 12.4. The van der Waals surface area contributed by atoms with E-state index in [1.54, 1.807) is 0 Å². The van der Waals surface area contributed by atoms with E-state index in [9.17, 15) is 4.79 Å². The summed E-state index contributed by atoms with van der Waals surface area (Å²) in [6.07, 6.45) is 8.04. The number of hydrogen-bond acceptors (Lipinski definition) is 2.